The fraction of sp³-hybridized carbons (Fsp3) is 1.00. The molecule has 2 unspecified atom stereocenters. The highest BCUT2D eigenvalue weighted by Crippen LogP contribution is 2.14. The third kappa shape index (κ3) is 1.95. The maximum Gasteiger partial charge on any atom is 0.146 e. The van der Waals surface area contributed by atoms with E-state index in [1.54, 1.807) is 0 Å². The standard InChI is InChI=1S/C7H14O2/c1-6-3-8-5-9-4-7(6)2/h6-7H,3-5H2,1-2H3. The Bertz CT molecular complexity index is 73.0. The SMILES string of the molecule is CC1COCOCC1C. The van der Waals surface area contributed by atoms with Gasteiger partial charge in [-0.2, -0.15) is 0 Å². The van der Waals surface area contributed by atoms with Crippen molar-refractivity contribution in [2.75, 3.05) is 20.0 Å². The van der Waals surface area contributed by atoms with E-state index in [1.165, 1.54) is 0 Å². The van der Waals surface area contributed by atoms with Gasteiger partial charge in [-0.1, -0.05) is 13.8 Å². The molecule has 1 aliphatic rings. The summed E-state index contributed by atoms with van der Waals surface area (Å²) in [6.45, 7) is 6.57. The summed E-state index contributed by atoms with van der Waals surface area (Å²) in [6, 6.07) is 0. The van der Waals surface area contributed by atoms with Crippen molar-refractivity contribution in [1.29, 1.82) is 0 Å². The van der Waals surface area contributed by atoms with E-state index >= 15 is 0 Å². The van der Waals surface area contributed by atoms with Gasteiger partial charge in [0.05, 0.1) is 13.2 Å². The lowest BCUT2D eigenvalue weighted by molar-refractivity contribution is -0.0366. The average Bonchev–Trinajstić information content (AvgIpc) is 1.99. The van der Waals surface area contributed by atoms with Gasteiger partial charge in [-0.15, -0.1) is 0 Å². The molecule has 0 aromatic carbocycles. The first-order valence-corrected chi connectivity index (χ1v) is 3.46. The van der Waals surface area contributed by atoms with Gasteiger partial charge in [0.15, 0.2) is 0 Å². The quantitative estimate of drug-likeness (QED) is 0.491. The molecule has 0 bridgehead atoms. The van der Waals surface area contributed by atoms with Crippen LogP contribution in [-0.2, 0) is 9.47 Å². The molecule has 0 amide bonds. The molecule has 9 heavy (non-hydrogen) atoms. The van der Waals surface area contributed by atoms with Crippen LogP contribution in [0.5, 0.6) is 0 Å². The van der Waals surface area contributed by atoms with Crippen LogP contribution in [0.25, 0.3) is 0 Å². The maximum absolute atomic E-state index is 5.15. The van der Waals surface area contributed by atoms with Crippen molar-refractivity contribution in [3.8, 4) is 0 Å². The van der Waals surface area contributed by atoms with Gasteiger partial charge in [0.1, 0.15) is 6.79 Å². The summed E-state index contributed by atoms with van der Waals surface area (Å²) in [6.07, 6.45) is 0. The fourth-order valence-electron chi connectivity index (χ4n) is 0.855. The van der Waals surface area contributed by atoms with Gasteiger partial charge in [0.2, 0.25) is 0 Å². The van der Waals surface area contributed by atoms with Gasteiger partial charge < -0.3 is 9.47 Å². The summed E-state index contributed by atoms with van der Waals surface area (Å²) in [5.41, 5.74) is 0. The molecule has 0 N–H and O–H groups in total. The number of ether oxygens (including phenoxy) is 2. The van der Waals surface area contributed by atoms with Crippen LogP contribution in [0, 0.1) is 11.8 Å². The van der Waals surface area contributed by atoms with E-state index in [-0.39, 0.29) is 0 Å². The molecule has 1 saturated heterocycles. The molecular weight excluding hydrogens is 116 g/mol. The van der Waals surface area contributed by atoms with Gasteiger partial charge in [0.25, 0.3) is 0 Å². The van der Waals surface area contributed by atoms with Crippen molar-refractivity contribution < 1.29 is 9.47 Å². The molecule has 54 valence electrons. The van der Waals surface area contributed by atoms with Gasteiger partial charge in [0, 0.05) is 0 Å². The predicted molar refractivity (Wildman–Crippen MR) is 35.1 cm³/mol. The minimum atomic E-state index is 0.481. The monoisotopic (exact) mass is 130 g/mol. The van der Waals surface area contributed by atoms with Crippen molar-refractivity contribution in [1.82, 2.24) is 0 Å². The molecule has 2 nitrogen and oxygen atoms in total. The van der Waals surface area contributed by atoms with E-state index in [0.29, 0.717) is 18.6 Å². The lowest BCUT2D eigenvalue weighted by Gasteiger charge is -2.12. The summed E-state index contributed by atoms with van der Waals surface area (Å²) in [4.78, 5) is 0. The van der Waals surface area contributed by atoms with E-state index in [9.17, 15) is 0 Å². The van der Waals surface area contributed by atoms with E-state index < -0.39 is 0 Å². The number of hydrogen-bond donors (Lipinski definition) is 0. The predicted octanol–water partition coefficient (Wildman–Crippen LogP) is 1.26. The Balaban J connectivity index is 2.32. The second-order valence-electron chi connectivity index (χ2n) is 2.81. The van der Waals surface area contributed by atoms with Crippen molar-refractivity contribution >= 4 is 0 Å². The zero-order chi connectivity index (χ0) is 6.69. The van der Waals surface area contributed by atoms with Crippen LogP contribution in [-0.4, -0.2) is 20.0 Å². The topological polar surface area (TPSA) is 18.5 Å². The van der Waals surface area contributed by atoms with Crippen LogP contribution in [0.15, 0.2) is 0 Å². The first-order chi connectivity index (χ1) is 4.30. The zero-order valence-electron chi connectivity index (χ0n) is 6.09. The Hall–Kier alpha value is -0.0800. The molecule has 0 spiro atoms. The lowest BCUT2D eigenvalue weighted by Crippen LogP contribution is -2.13. The minimum absolute atomic E-state index is 0.481. The second kappa shape index (κ2) is 3.18. The van der Waals surface area contributed by atoms with Crippen molar-refractivity contribution in [3.63, 3.8) is 0 Å². The van der Waals surface area contributed by atoms with Crippen LogP contribution in [0.1, 0.15) is 13.8 Å². The molecule has 0 aromatic heterocycles. The summed E-state index contributed by atoms with van der Waals surface area (Å²) in [5.74, 6) is 1.29. The Labute approximate surface area is 56.2 Å². The average molecular weight is 130 g/mol. The van der Waals surface area contributed by atoms with Crippen molar-refractivity contribution in [2.24, 2.45) is 11.8 Å². The fourth-order valence-corrected chi connectivity index (χ4v) is 0.855. The molecule has 1 rings (SSSR count). The van der Waals surface area contributed by atoms with Crippen LogP contribution in [0.4, 0.5) is 0 Å². The third-order valence-electron chi connectivity index (χ3n) is 1.90. The largest absolute Gasteiger partial charge is 0.355 e. The van der Waals surface area contributed by atoms with Crippen molar-refractivity contribution in [2.45, 2.75) is 13.8 Å². The molecule has 2 heteroatoms. The Morgan fingerprint density at radius 3 is 1.89 bits per heavy atom. The van der Waals surface area contributed by atoms with E-state index in [1.807, 2.05) is 0 Å². The van der Waals surface area contributed by atoms with Gasteiger partial charge in [-0.25, -0.2) is 0 Å². The van der Waals surface area contributed by atoms with E-state index in [4.69, 9.17) is 9.47 Å². The van der Waals surface area contributed by atoms with Crippen LogP contribution < -0.4 is 0 Å². The third-order valence-corrected chi connectivity index (χ3v) is 1.90. The summed E-state index contributed by atoms with van der Waals surface area (Å²) in [7, 11) is 0. The Kier molecular flexibility index (Phi) is 2.49. The summed E-state index contributed by atoms with van der Waals surface area (Å²) < 4.78 is 10.3. The molecule has 1 fully saturated rings. The summed E-state index contributed by atoms with van der Waals surface area (Å²) >= 11 is 0. The van der Waals surface area contributed by atoms with E-state index in [0.717, 1.165) is 13.2 Å². The van der Waals surface area contributed by atoms with Gasteiger partial charge in [-0.05, 0) is 11.8 Å². The molecule has 0 aromatic rings. The van der Waals surface area contributed by atoms with Crippen LogP contribution in [0.3, 0.4) is 0 Å². The first-order valence-electron chi connectivity index (χ1n) is 3.46. The molecule has 0 saturated carbocycles. The van der Waals surface area contributed by atoms with Crippen LogP contribution >= 0.6 is 0 Å². The van der Waals surface area contributed by atoms with E-state index in [2.05, 4.69) is 13.8 Å². The number of rotatable bonds is 0. The Morgan fingerprint density at radius 2 is 1.44 bits per heavy atom. The molecule has 0 radical (unpaired) electrons. The highest BCUT2D eigenvalue weighted by atomic mass is 16.7. The second-order valence-corrected chi connectivity index (χ2v) is 2.81. The number of hydrogen-bond acceptors (Lipinski definition) is 2. The molecule has 1 aliphatic heterocycles. The minimum Gasteiger partial charge on any atom is -0.355 e. The molecular formula is C7H14O2. The first kappa shape index (κ1) is 7.03. The van der Waals surface area contributed by atoms with Gasteiger partial charge in [-0.3, -0.25) is 0 Å². The highest BCUT2D eigenvalue weighted by Gasteiger charge is 2.15. The molecule has 1 heterocycles. The van der Waals surface area contributed by atoms with Crippen molar-refractivity contribution in [3.05, 3.63) is 0 Å². The van der Waals surface area contributed by atoms with Gasteiger partial charge >= 0.3 is 0 Å². The zero-order valence-corrected chi connectivity index (χ0v) is 6.09. The van der Waals surface area contributed by atoms with Crippen LogP contribution in [0.2, 0.25) is 0 Å². The molecule has 0 aliphatic carbocycles. The molecule has 2 atom stereocenters. The lowest BCUT2D eigenvalue weighted by atomic mass is 9.98. The normalized spacial score (nSPS) is 38.0. The Morgan fingerprint density at radius 1 is 1.00 bits per heavy atom. The summed E-state index contributed by atoms with van der Waals surface area (Å²) in [5, 5.41) is 0. The maximum atomic E-state index is 5.15. The smallest absolute Gasteiger partial charge is 0.146 e. The highest BCUT2D eigenvalue weighted by molar-refractivity contribution is 4.61.